The van der Waals surface area contributed by atoms with E-state index in [0.717, 1.165) is 19.1 Å². The number of carbonyl (C=O) groups is 2. The third kappa shape index (κ3) is 7.01. The molecule has 0 radical (unpaired) electrons. The number of piperidine rings is 1. The van der Waals surface area contributed by atoms with Gasteiger partial charge in [0.1, 0.15) is 12.2 Å². The molecule has 2 rings (SSSR count). The summed E-state index contributed by atoms with van der Waals surface area (Å²) in [4.78, 5) is 30.8. The second-order valence-electron chi connectivity index (χ2n) is 10.3. The van der Waals surface area contributed by atoms with Gasteiger partial charge in [-0.25, -0.2) is 4.79 Å². The zero-order valence-electron chi connectivity index (χ0n) is 20.2. The number of hydrogen-bond acceptors (Lipinski definition) is 5. The van der Waals surface area contributed by atoms with Gasteiger partial charge in [-0.15, -0.1) is 0 Å². The van der Waals surface area contributed by atoms with Crippen molar-refractivity contribution in [2.45, 2.75) is 97.4 Å². The van der Waals surface area contributed by atoms with Gasteiger partial charge in [-0.3, -0.25) is 4.84 Å². The van der Waals surface area contributed by atoms with Crippen LogP contribution < -0.4 is 0 Å². The van der Waals surface area contributed by atoms with Crippen LogP contribution in [-0.2, 0) is 14.4 Å². The summed E-state index contributed by atoms with van der Waals surface area (Å²) < 4.78 is 5.85. The van der Waals surface area contributed by atoms with Gasteiger partial charge in [-0.1, -0.05) is 36.8 Å². The summed E-state index contributed by atoms with van der Waals surface area (Å²) in [5, 5.41) is 1.96. The lowest BCUT2D eigenvalue weighted by molar-refractivity contribution is -0.311. The SMILES string of the molecule is CC(C)=CCCC(C)C(C=O)ON1C(C)(C)CC(OC(=O)c2ccccc2)CC1(C)C. The maximum Gasteiger partial charge on any atom is 0.338 e. The van der Waals surface area contributed by atoms with Crippen molar-refractivity contribution in [1.29, 1.82) is 0 Å². The van der Waals surface area contributed by atoms with Gasteiger partial charge in [0.15, 0.2) is 6.29 Å². The van der Waals surface area contributed by atoms with Crippen LogP contribution >= 0.6 is 0 Å². The van der Waals surface area contributed by atoms with E-state index in [1.54, 1.807) is 12.1 Å². The fourth-order valence-electron chi connectivity index (χ4n) is 4.52. The molecule has 0 saturated carbocycles. The van der Waals surface area contributed by atoms with E-state index in [1.165, 1.54) is 5.57 Å². The predicted molar refractivity (Wildman–Crippen MR) is 124 cm³/mol. The summed E-state index contributed by atoms with van der Waals surface area (Å²) in [6.45, 7) is 14.5. The minimum atomic E-state index is -0.507. The van der Waals surface area contributed by atoms with Gasteiger partial charge < -0.3 is 9.53 Å². The van der Waals surface area contributed by atoms with Crippen LogP contribution in [0.25, 0.3) is 0 Å². The Balaban J connectivity index is 2.07. The van der Waals surface area contributed by atoms with Crippen LogP contribution in [-0.4, -0.2) is 40.6 Å². The predicted octanol–water partition coefficient (Wildman–Crippen LogP) is 5.75. The fraction of sp³-hybridized carbons (Fsp3) is 0.615. The Morgan fingerprint density at radius 3 is 2.23 bits per heavy atom. The van der Waals surface area contributed by atoms with E-state index in [-0.39, 0.29) is 18.0 Å². The zero-order valence-corrected chi connectivity index (χ0v) is 20.2. The Labute approximate surface area is 187 Å². The van der Waals surface area contributed by atoms with Crippen LogP contribution in [0.4, 0.5) is 0 Å². The number of carbonyl (C=O) groups excluding carboxylic acids is 2. The number of ether oxygens (including phenoxy) is 1. The van der Waals surface area contributed by atoms with E-state index in [0.29, 0.717) is 18.4 Å². The normalized spacial score (nSPS) is 20.5. The molecule has 2 unspecified atom stereocenters. The first-order valence-corrected chi connectivity index (χ1v) is 11.3. The highest BCUT2D eigenvalue weighted by molar-refractivity contribution is 5.89. The van der Waals surface area contributed by atoms with Crippen molar-refractivity contribution in [2.24, 2.45) is 5.92 Å². The van der Waals surface area contributed by atoms with Crippen molar-refractivity contribution in [1.82, 2.24) is 5.06 Å². The number of hydrogen-bond donors (Lipinski definition) is 0. The third-order valence-corrected chi connectivity index (χ3v) is 5.93. The van der Waals surface area contributed by atoms with Gasteiger partial charge in [0.05, 0.1) is 5.56 Å². The molecule has 2 atom stereocenters. The molecule has 0 amide bonds. The molecule has 5 nitrogen and oxygen atoms in total. The van der Waals surface area contributed by atoms with E-state index in [1.807, 2.05) is 23.3 Å². The second-order valence-corrected chi connectivity index (χ2v) is 10.3. The molecule has 1 aliphatic rings. The van der Waals surface area contributed by atoms with E-state index in [2.05, 4.69) is 54.5 Å². The molecule has 0 spiro atoms. The van der Waals surface area contributed by atoms with Gasteiger partial charge in [-0.2, -0.15) is 5.06 Å². The first-order chi connectivity index (χ1) is 14.5. The van der Waals surface area contributed by atoms with Crippen LogP contribution in [0.1, 0.15) is 84.5 Å². The average Bonchev–Trinajstić information content (AvgIpc) is 2.66. The Bertz CT molecular complexity index is 747. The lowest BCUT2D eigenvalue weighted by atomic mass is 9.80. The average molecular weight is 430 g/mol. The van der Waals surface area contributed by atoms with Crippen LogP contribution in [0.3, 0.4) is 0 Å². The Hall–Kier alpha value is -1.98. The fourth-order valence-corrected chi connectivity index (χ4v) is 4.52. The van der Waals surface area contributed by atoms with Crippen molar-refractivity contribution >= 4 is 12.3 Å². The number of benzene rings is 1. The number of aldehydes is 1. The summed E-state index contributed by atoms with van der Waals surface area (Å²) in [6.07, 6.45) is 5.47. The first-order valence-electron chi connectivity index (χ1n) is 11.3. The highest BCUT2D eigenvalue weighted by Crippen LogP contribution is 2.41. The summed E-state index contributed by atoms with van der Waals surface area (Å²) in [7, 11) is 0. The van der Waals surface area contributed by atoms with Gasteiger partial charge in [0, 0.05) is 23.9 Å². The van der Waals surface area contributed by atoms with E-state index in [9.17, 15) is 9.59 Å². The van der Waals surface area contributed by atoms with E-state index in [4.69, 9.17) is 9.57 Å². The van der Waals surface area contributed by atoms with Gasteiger partial charge in [0.25, 0.3) is 0 Å². The highest BCUT2D eigenvalue weighted by Gasteiger charge is 2.49. The summed E-state index contributed by atoms with van der Waals surface area (Å²) in [6, 6.07) is 9.08. The number of esters is 1. The largest absolute Gasteiger partial charge is 0.459 e. The molecular formula is C26H39NO4. The minimum Gasteiger partial charge on any atom is -0.459 e. The molecule has 0 aromatic heterocycles. The summed E-state index contributed by atoms with van der Waals surface area (Å²) in [5.41, 5.74) is 1.04. The molecule has 1 aromatic rings. The van der Waals surface area contributed by atoms with Gasteiger partial charge in [-0.05, 0) is 72.4 Å². The molecule has 0 aliphatic carbocycles. The molecule has 1 fully saturated rings. The Morgan fingerprint density at radius 2 is 1.71 bits per heavy atom. The van der Waals surface area contributed by atoms with Crippen molar-refractivity contribution in [3.63, 3.8) is 0 Å². The standard InChI is InChI=1S/C26H39NO4/c1-19(2)12-11-13-20(3)23(18-28)31-27-25(4,5)16-22(17-26(27,6)7)30-24(29)21-14-9-8-10-15-21/h8-10,12,14-15,18,20,22-23H,11,13,16-17H2,1-7H3. The summed E-state index contributed by atoms with van der Waals surface area (Å²) >= 11 is 0. The lowest BCUT2D eigenvalue weighted by Gasteiger charge is -2.54. The Kier molecular flexibility index (Phi) is 8.61. The lowest BCUT2D eigenvalue weighted by Crippen LogP contribution is -2.63. The maximum absolute atomic E-state index is 12.6. The van der Waals surface area contributed by atoms with Crippen LogP contribution in [0.15, 0.2) is 42.0 Å². The van der Waals surface area contributed by atoms with Crippen molar-refractivity contribution in [3.8, 4) is 0 Å². The maximum atomic E-state index is 12.6. The molecule has 1 aliphatic heterocycles. The van der Waals surface area contributed by atoms with E-state index >= 15 is 0 Å². The molecule has 0 N–H and O–H groups in total. The second kappa shape index (κ2) is 10.6. The zero-order chi connectivity index (χ0) is 23.2. The molecular weight excluding hydrogens is 390 g/mol. The number of hydroxylamine groups is 2. The monoisotopic (exact) mass is 429 g/mol. The third-order valence-electron chi connectivity index (χ3n) is 5.93. The number of allylic oxidation sites excluding steroid dienone is 2. The minimum absolute atomic E-state index is 0.105. The van der Waals surface area contributed by atoms with Crippen molar-refractivity contribution in [2.75, 3.05) is 0 Å². The molecule has 1 aromatic carbocycles. The van der Waals surface area contributed by atoms with E-state index < -0.39 is 17.2 Å². The quantitative estimate of drug-likeness (QED) is 0.284. The molecule has 0 bridgehead atoms. The van der Waals surface area contributed by atoms with Crippen molar-refractivity contribution < 1.29 is 19.2 Å². The molecule has 5 heteroatoms. The van der Waals surface area contributed by atoms with Crippen molar-refractivity contribution in [3.05, 3.63) is 47.5 Å². The van der Waals surface area contributed by atoms with Gasteiger partial charge >= 0.3 is 5.97 Å². The highest BCUT2D eigenvalue weighted by atomic mass is 16.7. The summed E-state index contributed by atoms with van der Waals surface area (Å²) in [5.74, 6) is -0.196. The Morgan fingerprint density at radius 1 is 1.13 bits per heavy atom. The van der Waals surface area contributed by atoms with Crippen LogP contribution in [0.5, 0.6) is 0 Å². The molecule has 31 heavy (non-hydrogen) atoms. The number of rotatable bonds is 9. The first kappa shape index (κ1) is 25.3. The van der Waals surface area contributed by atoms with Crippen LogP contribution in [0, 0.1) is 5.92 Å². The number of nitrogens with zero attached hydrogens (tertiary/aromatic N) is 1. The molecule has 172 valence electrons. The smallest absolute Gasteiger partial charge is 0.338 e. The topological polar surface area (TPSA) is 55.8 Å². The molecule has 1 saturated heterocycles. The molecule has 1 heterocycles. The van der Waals surface area contributed by atoms with Crippen LogP contribution in [0.2, 0.25) is 0 Å². The van der Waals surface area contributed by atoms with Gasteiger partial charge in [0.2, 0.25) is 0 Å².